The quantitative estimate of drug-likeness (QED) is 0.906. The van der Waals surface area contributed by atoms with Crippen LogP contribution in [0, 0.1) is 0 Å². The van der Waals surface area contributed by atoms with Gasteiger partial charge in [0.15, 0.2) is 5.69 Å². The van der Waals surface area contributed by atoms with E-state index in [1.54, 1.807) is 24.3 Å². The van der Waals surface area contributed by atoms with Crippen LogP contribution in [0.25, 0.3) is 0 Å². The van der Waals surface area contributed by atoms with Crippen LogP contribution in [0.5, 0.6) is 0 Å². The maximum Gasteiger partial charge on any atom is 0.433 e. The lowest BCUT2D eigenvalue weighted by molar-refractivity contribution is -0.141. The number of aromatic amines is 1. The van der Waals surface area contributed by atoms with Gasteiger partial charge >= 0.3 is 6.18 Å². The van der Waals surface area contributed by atoms with Gasteiger partial charge in [-0.3, -0.25) is 5.10 Å². The second kappa shape index (κ2) is 6.66. The summed E-state index contributed by atoms with van der Waals surface area (Å²) in [7, 11) is 1.73. The molecule has 0 bridgehead atoms. The van der Waals surface area contributed by atoms with Crippen molar-refractivity contribution in [1.82, 2.24) is 20.2 Å². The van der Waals surface area contributed by atoms with Crippen molar-refractivity contribution >= 4 is 11.8 Å². The molecule has 0 unspecified atom stereocenters. The molecule has 0 radical (unpaired) electrons. The van der Waals surface area contributed by atoms with E-state index in [2.05, 4.69) is 20.2 Å². The molecule has 0 aliphatic carbocycles. The van der Waals surface area contributed by atoms with Crippen LogP contribution >= 0.6 is 0 Å². The first-order valence-corrected chi connectivity index (χ1v) is 7.83. The van der Waals surface area contributed by atoms with Gasteiger partial charge in [0.2, 0.25) is 5.95 Å². The fraction of sp³-hybridized carbons (Fsp3) is 0.533. The van der Waals surface area contributed by atoms with E-state index in [0.29, 0.717) is 26.1 Å². The summed E-state index contributed by atoms with van der Waals surface area (Å²) in [6.45, 7) is 1.92. The summed E-state index contributed by atoms with van der Waals surface area (Å²) in [4.78, 5) is 11.6. The van der Waals surface area contributed by atoms with Gasteiger partial charge in [-0.05, 0) is 24.8 Å². The molecule has 0 spiro atoms. The molecular formula is C15H19F3N6. The second-order valence-electron chi connectivity index (χ2n) is 5.88. The largest absolute Gasteiger partial charge is 0.433 e. The predicted molar refractivity (Wildman–Crippen MR) is 84.0 cm³/mol. The minimum Gasteiger partial charge on any atom is -0.359 e. The highest BCUT2D eigenvalue weighted by Gasteiger charge is 2.34. The topological polar surface area (TPSA) is 60.9 Å². The molecule has 1 saturated heterocycles. The van der Waals surface area contributed by atoms with E-state index in [1.165, 1.54) is 0 Å². The van der Waals surface area contributed by atoms with Crippen LogP contribution in [0.4, 0.5) is 24.9 Å². The third kappa shape index (κ3) is 3.77. The Hall–Kier alpha value is -2.32. The number of likely N-dealkylation sites (N-methyl/N-ethyl adjacent to an activating group) is 1. The Kier molecular flexibility index (Phi) is 4.59. The number of nitrogens with zero attached hydrogens (tertiary/aromatic N) is 5. The molecule has 1 fully saturated rings. The van der Waals surface area contributed by atoms with Gasteiger partial charge in [-0.15, -0.1) is 0 Å². The molecule has 3 rings (SSSR count). The van der Waals surface area contributed by atoms with Crippen molar-refractivity contribution in [2.45, 2.75) is 25.4 Å². The van der Waals surface area contributed by atoms with E-state index in [4.69, 9.17) is 0 Å². The number of H-pyrrole nitrogens is 1. The first kappa shape index (κ1) is 16.5. The predicted octanol–water partition coefficient (Wildman–Crippen LogP) is 2.50. The van der Waals surface area contributed by atoms with Gasteiger partial charge in [-0.2, -0.15) is 23.3 Å². The molecule has 9 heteroatoms. The Bertz CT molecular complexity index is 664. The molecule has 0 amide bonds. The van der Waals surface area contributed by atoms with Gasteiger partial charge in [0.25, 0.3) is 0 Å². The van der Waals surface area contributed by atoms with Crippen LogP contribution in [0.2, 0.25) is 0 Å². The average molecular weight is 340 g/mol. The highest BCUT2D eigenvalue weighted by atomic mass is 19.4. The zero-order chi connectivity index (χ0) is 17.2. The maximum absolute atomic E-state index is 13.2. The third-order valence-corrected chi connectivity index (χ3v) is 4.06. The number of anilines is 2. The Morgan fingerprint density at radius 1 is 1.25 bits per heavy atom. The molecule has 3 heterocycles. The van der Waals surface area contributed by atoms with Gasteiger partial charge in [0.05, 0.1) is 6.20 Å². The summed E-state index contributed by atoms with van der Waals surface area (Å²) in [6.07, 6.45) is 1.54. The van der Waals surface area contributed by atoms with Crippen molar-refractivity contribution in [3.05, 3.63) is 29.7 Å². The van der Waals surface area contributed by atoms with E-state index in [-0.39, 0.29) is 11.8 Å². The number of aromatic nitrogens is 4. The van der Waals surface area contributed by atoms with Gasteiger partial charge in [0, 0.05) is 38.9 Å². The van der Waals surface area contributed by atoms with Gasteiger partial charge < -0.3 is 9.80 Å². The van der Waals surface area contributed by atoms with Gasteiger partial charge in [0.1, 0.15) is 5.82 Å². The van der Waals surface area contributed by atoms with Crippen molar-refractivity contribution in [2.75, 3.05) is 36.5 Å². The first-order valence-electron chi connectivity index (χ1n) is 7.83. The first-order chi connectivity index (χ1) is 11.4. The lowest BCUT2D eigenvalue weighted by atomic mass is 10.2. The van der Waals surface area contributed by atoms with Crippen molar-refractivity contribution in [2.24, 2.45) is 0 Å². The van der Waals surface area contributed by atoms with Gasteiger partial charge in [-0.25, -0.2) is 4.98 Å². The molecule has 0 atom stereocenters. The number of nitrogens with one attached hydrogen (secondary N) is 1. The number of alkyl halides is 3. The molecule has 6 nitrogen and oxygen atoms in total. The molecule has 1 N–H and O–H groups in total. The smallest absolute Gasteiger partial charge is 0.359 e. The van der Waals surface area contributed by atoms with Crippen molar-refractivity contribution in [3.8, 4) is 0 Å². The molecular weight excluding hydrogens is 321 g/mol. The Balaban J connectivity index is 1.83. The fourth-order valence-electron chi connectivity index (χ4n) is 2.65. The minimum absolute atomic E-state index is 0.160. The lowest BCUT2D eigenvalue weighted by Crippen LogP contribution is -2.26. The zero-order valence-electron chi connectivity index (χ0n) is 13.3. The molecule has 130 valence electrons. The number of hydrogen-bond donors (Lipinski definition) is 1. The minimum atomic E-state index is -4.49. The van der Waals surface area contributed by atoms with E-state index in [1.807, 2.05) is 4.90 Å². The number of halogens is 3. The normalized spacial score (nSPS) is 15.1. The van der Waals surface area contributed by atoms with Crippen LogP contribution in [-0.2, 0) is 12.6 Å². The van der Waals surface area contributed by atoms with E-state index in [0.717, 1.165) is 24.5 Å². The molecule has 0 aromatic carbocycles. The second-order valence-corrected chi connectivity index (χ2v) is 5.88. The maximum atomic E-state index is 13.2. The van der Waals surface area contributed by atoms with E-state index in [9.17, 15) is 13.2 Å². The number of rotatable bonds is 5. The van der Waals surface area contributed by atoms with Crippen LogP contribution in [0.1, 0.15) is 24.1 Å². The van der Waals surface area contributed by atoms with Crippen LogP contribution < -0.4 is 9.80 Å². The summed E-state index contributed by atoms with van der Waals surface area (Å²) in [5.74, 6) is 0.440. The lowest BCUT2D eigenvalue weighted by Gasteiger charge is -2.22. The molecule has 1 aliphatic rings. The third-order valence-electron chi connectivity index (χ3n) is 4.06. The summed E-state index contributed by atoms with van der Waals surface area (Å²) < 4.78 is 39.5. The van der Waals surface area contributed by atoms with Crippen LogP contribution in [0.15, 0.2) is 18.5 Å². The highest BCUT2D eigenvalue weighted by Crippen LogP contribution is 2.31. The Morgan fingerprint density at radius 2 is 2.00 bits per heavy atom. The van der Waals surface area contributed by atoms with Crippen molar-refractivity contribution in [3.63, 3.8) is 0 Å². The zero-order valence-corrected chi connectivity index (χ0v) is 13.3. The highest BCUT2D eigenvalue weighted by molar-refractivity contribution is 5.46. The molecule has 1 aliphatic heterocycles. The average Bonchev–Trinajstić information content (AvgIpc) is 3.24. The standard InChI is InChI=1S/C15H19F3N6/c1-23(7-4-11-9-19-20-10-11)13-8-12(15(16,17)18)21-14(22-13)24-5-2-3-6-24/h8-10H,2-7H2,1H3,(H,19,20). The van der Waals surface area contributed by atoms with E-state index >= 15 is 0 Å². The van der Waals surface area contributed by atoms with Crippen molar-refractivity contribution in [1.29, 1.82) is 0 Å². The Labute approximate surface area is 137 Å². The van der Waals surface area contributed by atoms with E-state index < -0.39 is 11.9 Å². The fourth-order valence-corrected chi connectivity index (χ4v) is 2.65. The molecule has 2 aromatic rings. The summed E-state index contributed by atoms with van der Waals surface area (Å²) in [6, 6.07) is 1.01. The monoisotopic (exact) mass is 340 g/mol. The SMILES string of the molecule is CN(CCc1cn[nH]c1)c1cc(C(F)(F)F)nc(N2CCCC2)n1. The molecule has 2 aromatic heterocycles. The summed E-state index contributed by atoms with van der Waals surface area (Å²) in [5, 5.41) is 6.58. The van der Waals surface area contributed by atoms with Crippen LogP contribution in [0.3, 0.4) is 0 Å². The number of hydrogen-bond acceptors (Lipinski definition) is 5. The Morgan fingerprint density at radius 3 is 2.62 bits per heavy atom. The van der Waals surface area contributed by atoms with Crippen molar-refractivity contribution < 1.29 is 13.2 Å². The van der Waals surface area contributed by atoms with Crippen LogP contribution in [-0.4, -0.2) is 46.8 Å². The summed E-state index contributed by atoms with van der Waals surface area (Å²) >= 11 is 0. The molecule has 24 heavy (non-hydrogen) atoms. The summed E-state index contributed by atoms with van der Waals surface area (Å²) in [5.41, 5.74) is 0.0938. The van der Waals surface area contributed by atoms with Gasteiger partial charge in [-0.1, -0.05) is 0 Å². The molecule has 0 saturated carbocycles.